The molecule has 3 nitrogen and oxygen atoms in total. The van der Waals surface area contributed by atoms with Gasteiger partial charge in [0.2, 0.25) is 0 Å². The number of nitrogens with one attached hydrogen (secondary N) is 2. The van der Waals surface area contributed by atoms with Crippen LogP contribution < -0.4 is 9.44 Å². The van der Waals surface area contributed by atoms with Crippen molar-refractivity contribution in [2.75, 3.05) is 4.72 Å². The fraction of sp³-hybridized carbons (Fsp3) is 0.125. The maximum absolute atomic E-state index is 10.6. The van der Waals surface area contributed by atoms with E-state index in [2.05, 4.69) is 9.44 Å². The highest BCUT2D eigenvalue weighted by molar-refractivity contribution is 7.98. The van der Waals surface area contributed by atoms with Crippen molar-refractivity contribution in [2.45, 2.75) is 6.04 Å². The predicted molar refractivity (Wildman–Crippen MR) is 49.6 cm³/mol. The molecule has 1 aromatic rings. The first-order chi connectivity index (χ1) is 5.92. The second kappa shape index (κ2) is 3.16. The monoisotopic (exact) mass is 180 g/mol. The lowest BCUT2D eigenvalue weighted by Gasteiger charge is -2.22. The number of anilines is 1. The van der Waals surface area contributed by atoms with E-state index in [-0.39, 0.29) is 6.04 Å². The van der Waals surface area contributed by atoms with Crippen LogP contribution in [0.15, 0.2) is 24.3 Å². The second-order valence-corrected chi connectivity index (χ2v) is 3.17. The molecule has 0 saturated carbocycles. The van der Waals surface area contributed by atoms with Gasteiger partial charge in [0, 0.05) is 17.7 Å². The molecule has 1 aromatic carbocycles. The molecule has 2 rings (SSSR count). The lowest BCUT2D eigenvalue weighted by atomic mass is 10.1. The standard InChI is InChI=1S/C8H8N2OS/c11-5-8-6-3-1-2-4-7(6)9-12-10-8/h1-5,8-10H. The first-order valence-electron chi connectivity index (χ1n) is 3.63. The van der Waals surface area contributed by atoms with Gasteiger partial charge in [-0.25, -0.2) is 4.72 Å². The first kappa shape index (κ1) is 7.64. The topological polar surface area (TPSA) is 41.1 Å². The Morgan fingerprint density at radius 2 is 2.25 bits per heavy atom. The van der Waals surface area contributed by atoms with Crippen LogP contribution in [0.25, 0.3) is 0 Å². The lowest BCUT2D eigenvalue weighted by molar-refractivity contribution is -0.109. The van der Waals surface area contributed by atoms with E-state index in [4.69, 9.17) is 0 Å². The molecular weight excluding hydrogens is 172 g/mol. The largest absolute Gasteiger partial charge is 0.316 e. The minimum atomic E-state index is -0.188. The molecule has 1 aliphatic heterocycles. The normalized spacial score (nSPS) is 20.8. The summed E-state index contributed by atoms with van der Waals surface area (Å²) in [5.74, 6) is 0. The summed E-state index contributed by atoms with van der Waals surface area (Å²) in [4.78, 5) is 10.6. The third-order valence-electron chi connectivity index (χ3n) is 1.78. The summed E-state index contributed by atoms with van der Waals surface area (Å²) in [5, 5.41) is 0. The van der Waals surface area contributed by atoms with Crippen molar-refractivity contribution in [3.8, 4) is 0 Å². The van der Waals surface area contributed by atoms with Gasteiger partial charge in [-0.3, -0.25) is 0 Å². The van der Waals surface area contributed by atoms with Crippen LogP contribution in [-0.2, 0) is 4.79 Å². The van der Waals surface area contributed by atoms with Crippen LogP contribution >= 0.6 is 12.1 Å². The third kappa shape index (κ3) is 1.19. The molecule has 0 bridgehead atoms. The van der Waals surface area contributed by atoms with Crippen molar-refractivity contribution in [1.82, 2.24) is 4.72 Å². The molecule has 0 radical (unpaired) electrons. The van der Waals surface area contributed by atoms with Crippen LogP contribution in [0.1, 0.15) is 11.6 Å². The van der Waals surface area contributed by atoms with Crippen LogP contribution in [-0.4, -0.2) is 6.29 Å². The van der Waals surface area contributed by atoms with Crippen molar-refractivity contribution in [1.29, 1.82) is 0 Å². The molecule has 0 fully saturated rings. The fourth-order valence-corrected chi connectivity index (χ4v) is 1.84. The van der Waals surface area contributed by atoms with Gasteiger partial charge in [-0.1, -0.05) is 18.2 Å². The second-order valence-electron chi connectivity index (χ2n) is 2.52. The Hall–Kier alpha value is -1.00. The number of fused-ring (bicyclic) bond motifs is 1. The van der Waals surface area contributed by atoms with Crippen LogP contribution in [0.3, 0.4) is 0 Å². The van der Waals surface area contributed by atoms with E-state index in [1.807, 2.05) is 24.3 Å². The Labute approximate surface area is 74.8 Å². The Balaban J connectivity index is 2.43. The Kier molecular flexibility index (Phi) is 2.01. The zero-order valence-electron chi connectivity index (χ0n) is 6.28. The maximum Gasteiger partial charge on any atom is 0.142 e. The number of hydrogen-bond donors (Lipinski definition) is 2. The molecule has 1 atom stereocenters. The van der Waals surface area contributed by atoms with Crippen LogP contribution in [0.2, 0.25) is 0 Å². The summed E-state index contributed by atoms with van der Waals surface area (Å²) >= 11 is 1.34. The lowest BCUT2D eigenvalue weighted by Crippen LogP contribution is -2.22. The molecule has 1 unspecified atom stereocenters. The molecule has 1 heterocycles. The summed E-state index contributed by atoms with van der Waals surface area (Å²) in [6.45, 7) is 0. The molecule has 0 spiro atoms. The highest BCUT2D eigenvalue weighted by atomic mass is 32.2. The molecular formula is C8H8N2OS. The van der Waals surface area contributed by atoms with E-state index >= 15 is 0 Å². The zero-order valence-corrected chi connectivity index (χ0v) is 7.10. The van der Waals surface area contributed by atoms with Crippen molar-refractivity contribution >= 4 is 24.1 Å². The van der Waals surface area contributed by atoms with Crippen molar-refractivity contribution in [3.05, 3.63) is 29.8 Å². The quantitative estimate of drug-likeness (QED) is 0.507. The maximum atomic E-state index is 10.6. The van der Waals surface area contributed by atoms with E-state index in [0.29, 0.717) is 0 Å². The van der Waals surface area contributed by atoms with Gasteiger partial charge in [-0.15, -0.1) is 0 Å². The van der Waals surface area contributed by atoms with Gasteiger partial charge >= 0.3 is 0 Å². The molecule has 0 aromatic heterocycles. The number of rotatable bonds is 1. The molecule has 1 aliphatic rings. The number of carbonyl (C=O) groups is 1. The smallest absolute Gasteiger partial charge is 0.142 e. The van der Waals surface area contributed by atoms with Crippen molar-refractivity contribution < 1.29 is 4.79 Å². The predicted octanol–water partition coefficient (Wildman–Crippen LogP) is 1.50. The molecule has 0 saturated heterocycles. The highest BCUT2D eigenvalue weighted by Gasteiger charge is 2.17. The van der Waals surface area contributed by atoms with E-state index in [0.717, 1.165) is 17.5 Å². The highest BCUT2D eigenvalue weighted by Crippen LogP contribution is 2.28. The van der Waals surface area contributed by atoms with E-state index in [1.165, 1.54) is 12.1 Å². The van der Waals surface area contributed by atoms with E-state index in [9.17, 15) is 4.79 Å². The molecule has 0 aliphatic carbocycles. The van der Waals surface area contributed by atoms with Gasteiger partial charge in [0.05, 0.1) is 5.69 Å². The van der Waals surface area contributed by atoms with Gasteiger partial charge in [-0.05, 0) is 6.07 Å². The SMILES string of the molecule is O=CC1NSNc2ccccc21. The van der Waals surface area contributed by atoms with Gasteiger partial charge in [0.25, 0.3) is 0 Å². The van der Waals surface area contributed by atoms with E-state index in [1.54, 1.807) is 0 Å². The Bertz CT molecular complexity index is 303. The van der Waals surface area contributed by atoms with E-state index < -0.39 is 0 Å². The number of aldehydes is 1. The van der Waals surface area contributed by atoms with Gasteiger partial charge < -0.3 is 9.52 Å². The minimum Gasteiger partial charge on any atom is -0.316 e. The summed E-state index contributed by atoms with van der Waals surface area (Å²) in [7, 11) is 0. The summed E-state index contributed by atoms with van der Waals surface area (Å²) in [6, 6.07) is 7.58. The van der Waals surface area contributed by atoms with Crippen LogP contribution in [0.4, 0.5) is 5.69 Å². The summed E-state index contributed by atoms with van der Waals surface area (Å²) in [6.07, 6.45) is 0.909. The summed E-state index contributed by atoms with van der Waals surface area (Å²) in [5.41, 5.74) is 2.02. The molecule has 0 amide bonds. The molecule has 4 heteroatoms. The molecule has 12 heavy (non-hydrogen) atoms. The Morgan fingerprint density at radius 3 is 3.08 bits per heavy atom. The first-order valence-corrected chi connectivity index (χ1v) is 4.45. The fourth-order valence-electron chi connectivity index (χ4n) is 1.17. The van der Waals surface area contributed by atoms with Gasteiger partial charge in [-0.2, -0.15) is 0 Å². The average Bonchev–Trinajstić information content (AvgIpc) is 2.17. The van der Waals surface area contributed by atoms with Crippen molar-refractivity contribution in [2.24, 2.45) is 0 Å². The number of benzene rings is 1. The molecule has 62 valence electrons. The number of para-hydroxylation sites is 1. The van der Waals surface area contributed by atoms with Crippen molar-refractivity contribution in [3.63, 3.8) is 0 Å². The Morgan fingerprint density at radius 1 is 1.42 bits per heavy atom. The van der Waals surface area contributed by atoms with Crippen LogP contribution in [0.5, 0.6) is 0 Å². The zero-order chi connectivity index (χ0) is 8.39. The van der Waals surface area contributed by atoms with Gasteiger partial charge in [0.1, 0.15) is 12.3 Å². The molecule has 2 N–H and O–H groups in total. The minimum absolute atomic E-state index is 0.188. The summed E-state index contributed by atoms with van der Waals surface area (Å²) < 4.78 is 6.04. The van der Waals surface area contributed by atoms with Gasteiger partial charge in [0.15, 0.2) is 0 Å². The third-order valence-corrected chi connectivity index (χ3v) is 2.47. The number of hydrogen-bond acceptors (Lipinski definition) is 4. The average molecular weight is 180 g/mol. The number of carbonyl (C=O) groups excluding carboxylic acids is 1. The van der Waals surface area contributed by atoms with Crippen LogP contribution in [0, 0.1) is 0 Å².